The molecule has 128 valence electrons. The molecule has 1 aromatic carbocycles. The van der Waals surface area contributed by atoms with E-state index in [1.807, 2.05) is 0 Å². The fraction of sp³-hybridized carbons (Fsp3) is 0.412. The highest BCUT2D eigenvalue weighted by Crippen LogP contribution is 2.25. The van der Waals surface area contributed by atoms with Crippen molar-refractivity contribution in [3.05, 3.63) is 35.8 Å². The summed E-state index contributed by atoms with van der Waals surface area (Å²) in [6.07, 6.45) is 2.08. The lowest BCUT2D eigenvalue weighted by molar-refractivity contribution is -0.144. The lowest BCUT2D eigenvalue weighted by Crippen LogP contribution is -2.54. The van der Waals surface area contributed by atoms with Crippen LogP contribution in [0.1, 0.15) is 12.0 Å². The molecule has 3 rings (SSSR count). The van der Waals surface area contributed by atoms with Gasteiger partial charge in [0.2, 0.25) is 0 Å². The van der Waals surface area contributed by atoms with Gasteiger partial charge >= 0.3 is 5.97 Å². The third-order valence-electron chi connectivity index (χ3n) is 4.54. The Balaban J connectivity index is 1.82. The Morgan fingerprint density at radius 1 is 1.54 bits per heavy atom. The second-order valence-corrected chi connectivity index (χ2v) is 5.96. The predicted octanol–water partition coefficient (Wildman–Crippen LogP) is 1.33. The highest BCUT2D eigenvalue weighted by molar-refractivity contribution is 5.83. The Labute approximate surface area is 139 Å². The maximum absolute atomic E-state index is 14.3. The number of carboxylic acids is 1. The Bertz CT molecular complexity index is 760. The zero-order valence-corrected chi connectivity index (χ0v) is 13.4. The number of aromatic nitrogens is 1. The van der Waals surface area contributed by atoms with Crippen LogP contribution < -0.4 is 15.4 Å². The van der Waals surface area contributed by atoms with Crippen molar-refractivity contribution >= 4 is 16.9 Å². The molecule has 1 atom stereocenters. The molecule has 1 unspecified atom stereocenters. The molecule has 2 aromatic rings. The van der Waals surface area contributed by atoms with Crippen LogP contribution in [-0.2, 0) is 11.2 Å². The number of carbonyl (C=O) groups is 1. The van der Waals surface area contributed by atoms with E-state index in [0.29, 0.717) is 54.7 Å². The number of nitrogens with one attached hydrogen (secondary N) is 2. The van der Waals surface area contributed by atoms with E-state index in [-0.39, 0.29) is 0 Å². The molecule has 0 amide bonds. The second kappa shape index (κ2) is 6.70. The van der Waals surface area contributed by atoms with E-state index in [4.69, 9.17) is 4.74 Å². The topological polar surface area (TPSA) is 83.5 Å². The van der Waals surface area contributed by atoms with Gasteiger partial charge in [0, 0.05) is 24.0 Å². The first-order valence-electron chi connectivity index (χ1n) is 7.86. The maximum atomic E-state index is 14.3. The van der Waals surface area contributed by atoms with Crippen LogP contribution in [0.2, 0.25) is 0 Å². The van der Waals surface area contributed by atoms with Crippen LogP contribution in [0.15, 0.2) is 24.4 Å². The third-order valence-corrected chi connectivity index (χ3v) is 4.54. The highest BCUT2D eigenvalue weighted by atomic mass is 19.1. The maximum Gasteiger partial charge on any atom is 0.325 e. The summed E-state index contributed by atoms with van der Waals surface area (Å²) in [5, 5.41) is 16.3. The fourth-order valence-electron chi connectivity index (χ4n) is 3.11. The molecule has 1 aliphatic rings. The van der Waals surface area contributed by atoms with Crippen LogP contribution in [0.5, 0.6) is 5.75 Å². The number of rotatable bonds is 6. The molecule has 0 radical (unpaired) electrons. The van der Waals surface area contributed by atoms with Crippen LogP contribution >= 0.6 is 0 Å². The van der Waals surface area contributed by atoms with Crippen LogP contribution in [-0.4, -0.2) is 48.3 Å². The number of aliphatic carboxylic acids is 1. The largest absolute Gasteiger partial charge is 0.497 e. The molecule has 0 saturated carbocycles. The SMILES string of the molecule is COc1ccc2ncc(F)c(CCNC3(C(=O)O)CCNC3)c2c1. The van der Waals surface area contributed by atoms with E-state index in [1.165, 1.54) is 6.20 Å². The van der Waals surface area contributed by atoms with Crippen LogP contribution in [0.3, 0.4) is 0 Å². The van der Waals surface area contributed by atoms with Gasteiger partial charge in [-0.2, -0.15) is 0 Å². The molecule has 1 fully saturated rings. The summed E-state index contributed by atoms with van der Waals surface area (Å²) < 4.78 is 19.4. The fourth-order valence-corrected chi connectivity index (χ4v) is 3.11. The van der Waals surface area contributed by atoms with Crippen LogP contribution in [0, 0.1) is 5.82 Å². The van der Waals surface area contributed by atoms with Gasteiger partial charge in [-0.05, 0) is 37.6 Å². The molecule has 6 nitrogen and oxygen atoms in total. The van der Waals surface area contributed by atoms with Crippen molar-refractivity contribution in [3.8, 4) is 5.75 Å². The molecular weight excluding hydrogens is 313 g/mol. The molecule has 1 aromatic heterocycles. The van der Waals surface area contributed by atoms with Crippen molar-refractivity contribution in [2.75, 3.05) is 26.7 Å². The number of fused-ring (bicyclic) bond motifs is 1. The first-order valence-corrected chi connectivity index (χ1v) is 7.86. The van der Waals surface area contributed by atoms with E-state index in [1.54, 1.807) is 25.3 Å². The quantitative estimate of drug-likeness (QED) is 0.740. The van der Waals surface area contributed by atoms with E-state index >= 15 is 0 Å². The van der Waals surface area contributed by atoms with Crippen molar-refractivity contribution in [2.45, 2.75) is 18.4 Å². The summed E-state index contributed by atoms with van der Waals surface area (Å²) in [6.45, 7) is 1.39. The standard InChI is InChI=1S/C17H20FN3O3/c1-24-11-2-3-15-13(8-11)12(14(18)9-20-15)4-6-21-17(16(22)23)5-7-19-10-17/h2-3,8-9,19,21H,4-7,10H2,1H3,(H,22,23). The molecule has 24 heavy (non-hydrogen) atoms. The van der Waals surface area contributed by atoms with Crippen molar-refractivity contribution in [1.82, 2.24) is 15.6 Å². The zero-order valence-electron chi connectivity index (χ0n) is 13.4. The number of carboxylic acid groups (broad SMARTS) is 1. The zero-order chi connectivity index (χ0) is 17.2. The molecule has 0 aliphatic carbocycles. The molecule has 0 bridgehead atoms. The van der Waals surface area contributed by atoms with Gasteiger partial charge in [-0.3, -0.25) is 9.78 Å². The molecule has 3 N–H and O–H groups in total. The lowest BCUT2D eigenvalue weighted by Gasteiger charge is -2.24. The van der Waals surface area contributed by atoms with Gasteiger partial charge in [-0.1, -0.05) is 0 Å². The van der Waals surface area contributed by atoms with Crippen LogP contribution in [0.25, 0.3) is 10.9 Å². The summed E-state index contributed by atoms with van der Waals surface area (Å²) in [7, 11) is 1.55. The average Bonchev–Trinajstić information content (AvgIpc) is 3.06. The summed E-state index contributed by atoms with van der Waals surface area (Å²) in [5.74, 6) is -0.646. The third kappa shape index (κ3) is 3.05. The van der Waals surface area contributed by atoms with Gasteiger partial charge in [-0.25, -0.2) is 4.39 Å². The number of hydrogen-bond donors (Lipinski definition) is 3. The van der Waals surface area contributed by atoms with Crippen molar-refractivity contribution in [2.24, 2.45) is 0 Å². The minimum Gasteiger partial charge on any atom is -0.497 e. The summed E-state index contributed by atoms with van der Waals surface area (Å²) in [4.78, 5) is 15.6. The van der Waals surface area contributed by atoms with E-state index in [9.17, 15) is 14.3 Å². The second-order valence-electron chi connectivity index (χ2n) is 5.96. The van der Waals surface area contributed by atoms with Crippen molar-refractivity contribution in [3.63, 3.8) is 0 Å². The number of benzene rings is 1. The summed E-state index contributed by atoms with van der Waals surface area (Å²) >= 11 is 0. The van der Waals surface area contributed by atoms with Gasteiger partial charge in [0.25, 0.3) is 0 Å². The molecule has 7 heteroatoms. The highest BCUT2D eigenvalue weighted by Gasteiger charge is 2.40. The Kier molecular flexibility index (Phi) is 4.64. The first kappa shape index (κ1) is 16.6. The molecule has 2 heterocycles. The molecule has 0 spiro atoms. The summed E-state index contributed by atoms with van der Waals surface area (Å²) in [6, 6.07) is 5.31. The molecule has 1 saturated heterocycles. The van der Waals surface area contributed by atoms with Gasteiger partial charge in [-0.15, -0.1) is 0 Å². The van der Waals surface area contributed by atoms with Gasteiger partial charge < -0.3 is 20.5 Å². The number of halogens is 1. The van der Waals surface area contributed by atoms with E-state index in [0.717, 1.165) is 0 Å². The lowest BCUT2D eigenvalue weighted by atomic mass is 9.98. The number of nitrogens with zero attached hydrogens (tertiary/aromatic N) is 1. The smallest absolute Gasteiger partial charge is 0.325 e. The van der Waals surface area contributed by atoms with E-state index < -0.39 is 17.3 Å². The Morgan fingerprint density at radius 3 is 3.04 bits per heavy atom. The minimum atomic E-state index is -0.975. The number of ether oxygens (including phenoxy) is 1. The molecular formula is C17H20FN3O3. The first-order chi connectivity index (χ1) is 11.6. The normalized spacial score (nSPS) is 20.4. The van der Waals surface area contributed by atoms with Crippen LogP contribution in [0.4, 0.5) is 4.39 Å². The monoisotopic (exact) mass is 333 g/mol. The number of methoxy groups -OCH3 is 1. The van der Waals surface area contributed by atoms with Gasteiger partial charge in [0.15, 0.2) is 0 Å². The van der Waals surface area contributed by atoms with E-state index in [2.05, 4.69) is 15.6 Å². The minimum absolute atomic E-state index is 0.362. The Morgan fingerprint density at radius 2 is 2.38 bits per heavy atom. The summed E-state index contributed by atoms with van der Waals surface area (Å²) in [5.41, 5.74) is 0.220. The Hall–Kier alpha value is -2.25. The number of pyridine rings is 1. The predicted molar refractivity (Wildman–Crippen MR) is 87.8 cm³/mol. The van der Waals surface area contributed by atoms with Crippen molar-refractivity contribution in [1.29, 1.82) is 0 Å². The van der Waals surface area contributed by atoms with Gasteiger partial charge in [0.1, 0.15) is 17.1 Å². The molecule has 1 aliphatic heterocycles. The van der Waals surface area contributed by atoms with Crippen molar-refractivity contribution < 1.29 is 19.0 Å². The van der Waals surface area contributed by atoms with Gasteiger partial charge in [0.05, 0.1) is 18.8 Å². The number of hydrogen-bond acceptors (Lipinski definition) is 5. The average molecular weight is 333 g/mol.